The Hall–Kier alpha value is -2.98. The lowest BCUT2D eigenvalue weighted by Crippen LogP contribution is -2.16. The van der Waals surface area contributed by atoms with Crippen LogP contribution in [0.4, 0.5) is 4.39 Å². The fourth-order valence-corrected chi connectivity index (χ4v) is 3.22. The Kier molecular flexibility index (Phi) is 4.75. The van der Waals surface area contributed by atoms with Gasteiger partial charge in [0.05, 0.1) is 0 Å². The van der Waals surface area contributed by atoms with E-state index in [1.54, 1.807) is 6.20 Å². The van der Waals surface area contributed by atoms with E-state index >= 15 is 0 Å². The molecule has 0 radical (unpaired) electrons. The van der Waals surface area contributed by atoms with E-state index < -0.39 is 0 Å². The second kappa shape index (κ2) is 7.50. The minimum absolute atomic E-state index is 0.211. The summed E-state index contributed by atoms with van der Waals surface area (Å²) in [6, 6.07) is 17.4. The van der Waals surface area contributed by atoms with Crippen molar-refractivity contribution >= 4 is 10.9 Å². The van der Waals surface area contributed by atoms with Gasteiger partial charge in [0.1, 0.15) is 5.82 Å². The molecule has 4 heteroatoms. The fraction of sp³-hybridized carbons (Fsp3) is 0.136. The van der Waals surface area contributed by atoms with Crippen LogP contribution in [0.25, 0.3) is 22.0 Å². The summed E-state index contributed by atoms with van der Waals surface area (Å²) in [5.41, 5.74) is 5.60. The maximum Gasteiger partial charge on any atom is 0.125 e. The van der Waals surface area contributed by atoms with Crippen molar-refractivity contribution in [3.8, 4) is 11.1 Å². The molecule has 26 heavy (non-hydrogen) atoms. The lowest BCUT2D eigenvalue weighted by atomic mass is 10.0. The third-order valence-corrected chi connectivity index (χ3v) is 4.55. The molecule has 0 aliphatic rings. The Bertz CT molecular complexity index is 1010. The van der Waals surface area contributed by atoms with Crippen LogP contribution in [0, 0.1) is 5.82 Å². The van der Waals surface area contributed by atoms with Gasteiger partial charge in [-0.1, -0.05) is 24.3 Å². The lowest BCUT2D eigenvalue weighted by molar-refractivity contribution is 0.629. The minimum Gasteiger partial charge on any atom is -0.361 e. The fourth-order valence-electron chi connectivity index (χ4n) is 3.22. The molecule has 0 aliphatic heterocycles. The van der Waals surface area contributed by atoms with E-state index in [1.807, 2.05) is 24.5 Å². The minimum atomic E-state index is -0.211. The van der Waals surface area contributed by atoms with Gasteiger partial charge < -0.3 is 10.3 Å². The van der Waals surface area contributed by atoms with Crippen LogP contribution in [0.3, 0.4) is 0 Å². The van der Waals surface area contributed by atoms with E-state index in [0.29, 0.717) is 0 Å². The summed E-state index contributed by atoms with van der Waals surface area (Å²) in [5.74, 6) is -0.211. The summed E-state index contributed by atoms with van der Waals surface area (Å²) < 4.78 is 13.3. The summed E-state index contributed by atoms with van der Waals surface area (Å²) in [4.78, 5) is 7.32. The van der Waals surface area contributed by atoms with Crippen molar-refractivity contribution in [1.82, 2.24) is 15.3 Å². The number of benzene rings is 2. The van der Waals surface area contributed by atoms with Crippen LogP contribution >= 0.6 is 0 Å². The van der Waals surface area contributed by atoms with Crippen molar-refractivity contribution in [2.24, 2.45) is 0 Å². The van der Waals surface area contributed by atoms with Gasteiger partial charge in [-0.05, 0) is 65.6 Å². The molecule has 0 atom stereocenters. The van der Waals surface area contributed by atoms with Crippen LogP contribution in [0.15, 0.2) is 73.2 Å². The van der Waals surface area contributed by atoms with Crippen LogP contribution in [0.2, 0.25) is 0 Å². The molecular formula is C22H20FN3. The second-order valence-electron chi connectivity index (χ2n) is 6.37. The first-order valence-electron chi connectivity index (χ1n) is 8.75. The SMILES string of the molecule is Fc1ccc2c(CCNCc3cccc(-c4cccnc4)c3)c[nH]c2c1. The normalized spacial score (nSPS) is 11.1. The first kappa shape index (κ1) is 16.5. The molecule has 0 amide bonds. The molecule has 0 fully saturated rings. The van der Waals surface area contributed by atoms with Crippen LogP contribution in [-0.2, 0) is 13.0 Å². The Morgan fingerprint density at radius 1 is 1.00 bits per heavy atom. The Morgan fingerprint density at radius 3 is 2.81 bits per heavy atom. The summed E-state index contributed by atoms with van der Waals surface area (Å²) >= 11 is 0. The van der Waals surface area contributed by atoms with E-state index in [1.165, 1.54) is 28.8 Å². The topological polar surface area (TPSA) is 40.7 Å². The number of pyridine rings is 1. The summed E-state index contributed by atoms with van der Waals surface area (Å²) in [7, 11) is 0. The van der Waals surface area contributed by atoms with E-state index in [4.69, 9.17) is 0 Å². The summed E-state index contributed by atoms with van der Waals surface area (Å²) in [6.07, 6.45) is 6.53. The molecule has 4 aromatic rings. The standard InChI is InChI=1S/C22H20FN3/c23-20-6-7-21-19(15-26-22(21)12-20)8-10-25-13-16-3-1-4-17(11-16)18-5-2-9-24-14-18/h1-7,9,11-12,14-15,25-26H,8,10,13H2. The van der Waals surface area contributed by atoms with Crippen LogP contribution in [-0.4, -0.2) is 16.5 Å². The highest BCUT2D eigenvalue weighted by atomic mass is 19.1. The number of aromatic amines is 1. The van der Waals surface area contributed by atoms with Gasteiger partial charge in [-0.3, -0.25) is 4.98 Å². The number of fused-ring (bicyclic) bond motifs is 1. The molecule has 2 heterocycles. The van der Waals surface area contributed by atoms with Crippen molar-refractivity contribution in [2.75, 3.05) is 6.54 Å². The number of hydrogen-bond donors (Lipinski definition) is 2. The zero-order chi connectivity index (χ0) is 17.8. The summed E-state index contributed by atoms with van der Waals surface area (Å²) in [5, 5.41) is 4.58. The third-order valence-electron chi connectivity index (χ3n) is 4.55. The van der Waals surface area contributed by atoms with E-state index in [9.17, 15) is 4.39 Å². The maximum atomic E-state index is 13.3. The third kappa shape index (κ3) is 3.65. The zero-order valence-electron chi connectivity index (χ0n) is 14.4. The molecular weight excluding hydrogens is 325 g/mol. The number of nitrogens with zero attached hydrogens (tertiary/aromatic N) is 1. The average molecular weight is 345 g/mol. The van der Waals surface area contributed by atoms with Gasteiger partial charge in [0.2, 0.25) is 0 Å². The highest BCUT2D eigenvalue weighted by molar-refractivity contribution is 5.83. The number of aromatic nitrogens is 2. The maximum absolute atomic E-state index is 13.3. The molecule has 2 aromatic carbocycles. The summed E-state index contributed by atoms with van der Waals surface area (Å²) in [6.45, 7) is 1.67. The molecule has 0 spiro atoms. The van der Waals surface area contributed by atoms with Crippen LogP contribution in [0.5, 0.6) is 0 Å². The number of halogens is 1. The molecule has 2 aromatic heterocycles. The van der Waals surface area contributed by atoms with Crippen molar-refractivity contribution in [3.05, 3.63) is 90.1 Å². The molecule has 0 aliphatic carbocycles. The molecule has 0 unspecified atom stereocenters. The van der Waals surface area contributed by atoms with Crippen molar-refractivity contribution in [3.63, 3.8) is 0 Å². The molecule has 3 nitrogen and oxygen atoms in total. The number of rotatable bonds is 6. The van der Waals surface area contributed by atoms with Gasteiger partial charge in [-0.15, -0.1) is 0 Å². The number of hydrogen-bond acceptors (Lipinski definition) is 2. The first-order valence-corrected chi connectivity index (χ1v) is 8.75. The smallest absolute Gasteiger partial charge is 0.125 e. The number of nitrogens with one attached hydrogen (secondary N) is 2. The Balaban J connectivity index is 1.36. The zero-order valence-corrected chi connectivity index (χ0v) is 14.4. The Labute approximate surface area is 151 Å². The molecule has 0 saturated carbocycles. The van der Waals surface area contributed by atoms with Gasteiger partial charge in [0.15, 0.2) is 0 Å². The highest BCUT2D eigenvalue weighted by Crippen LogP contribution is 2.20. The largest absolute Gasteiger partial charge is 0.361 e. The van der Waals surface area contributed by atoms with Gasteiger partial charge in [0, 0.05) is 36.0 Å². The average Bonchev–Trinajstić information content (AvgIpc) is 3.08. The molecule has 2 N–H and O–H groups in total. The second-order valence-corrected chi connectivity index (χ2v) is 6.37. The van der Waals surface area contributed by atoms with Gasteiger partial charge in [-0.2, -0.15) is 0 Å². The van der Waals surface area contributed by atoms with Crippen LogP contribution < -0.4 is 5.32 Å². The molecule has 0 saturated heterocycles. The van der Waals surface area contributed by atoms with E-state index in [2.05, 4.69) is 45.6 Å². The van der Waals surface area contributed by atoms with E-state index in [-0.39, 0.29) is 5.82 Å². The van der Waals surface area contributed by atoms with Crippen LogP contribution in [0.1, 0.15) is 11.1 Å². The van der Waals surface area contributed by atoms with Crippen molar-refractivity contribution in [2.45, 2.75) is 13.0 Å². The highest BCUT2D eigenvalue weighted by Gasteiger charge is 2.05. The van der Waals surface area contributed by atoms with Gasteiger partial charge in [0.25, 0.3) is 0 Å². The Morgan fingerprint density at radius 2 is 1.92 bits per heavy atom. The number of H-pyrrole nitrogens is 1. The quantitative estimate of drug-likeness (QED) is 0.497. The molecule has 4 rings (SSSR count). The monoisotopic (exact) mass is 345 g/mol. The van der Waals surface area contributed by atoms with Crippen molar-refractivity contribution in [1.29, 1.82) is 0 Å². The van der Waals surface area contributed by atoms with Gasteiger partial charge >= 0.3 is 0 Å². The lowest BCUT2D eigenvalue weighted by Gasteiger charge is -2.07. The molecule has 0 bridgehead atoms. The van der Waals surface area contributed by atoms with E-state index in [0.717, 1.165) is 36.0 Å². The predicted octanol–water partition coefficient (Wildman–Crippen LogP) is 4.70. The molecule has 130 valence electrons. The van der Waals surface area contributed by atoms with Crippen molar-refractivity contribution < 1.29 is 4.39 Å². The van der Waals surface area contributed by atoms with Gasteiger partial charge in [-0.25, -0.2) is 4.39 Å². The predicted molar refractivity (Wildman–Crippen MR) is 103 cm³/mol. The first-order chi connectivity index (χ1) is 12.8.